The number of hydrogen-bond acceptors (Lipinski definition) is 2. The van der Waals surface area contributed by atoms with E-state index in [0.717, 1.165) is 13.2 Å². The van der Waals surface area contributed by atoms with Gasteiger partial charge in [0.1, 0.15) is 0 Å². The van der Waals surface area contributed by atoms with E-state index in [1.807, 2.05) is 13.8 Å². The molecule has 4 heteroatoms. The van der Waals surface area contributed by atoms with Gasteiger partial charge in [0.2, 0.25) is 0 Å². The molecule has 0 unspecified atom stereocenters. The average Bonchev–Trinajstić information content (AvgIpc) is 1.68. The van der Waals surface area contributed by atoms with Gasteiger partial charge in [-0.2, -0.15) is 0 Å². The van der Waals surface area contributed by atoms with Crippen molar-refractivity contribution in [1.29, 1.82) is 0 Å². The summed E-state index contributed by atoms with van der Waals surface area (Å²) < 4.78 is 10.3. The number of rotatable bonds is 4. The molecule has 0 N–H and O–H groups in total. The Hall–Kier alpha value is 1.22. The third-order valence-electron chi connectivity index (χ3n) is 0.461. The second-order valence-corrected chi connectivity index (χ2v) is 7.62. The van der Waals surface area contributed by atoms with Crippen LogP contribution in [0.3, 0.4) is 0 Å². The zero-order valence-corrected chi connectivity index (χ0v) is 9.19. The van der Waals surface area contributed by atoms with Crippen LogP contribution in [0.5, 0.6) is 0 Å². The van der Waals surface area contributed by atoms with Crippen LogP contribution >= 0.6 is 12.6 Å². The molecule has 0 bridgehead atoms. The van der Waals surface area contributed by atoms with E-state index in [9.17, 15) is 0 Å². The second-order valence-electron chi connectivity index (χ2n) is 1.05. The van der Waals surface area contributed by atoms with Gasteiger partial charge in [-0.3, -0.25) is 0 Å². The summed E-state index contributed by atoms with van der Waals surface area (Å²) in [5, 5.41) is 0. The number of halogens is 1. The Morgan fingerprint density at radius 2 is 1.62 bits per heavy atom. The summed E-state index contributed by atoms with van der Waals surface area (Å²) in [6.45, 7) is 5.46. The molecule has 0 amide bonds. The molecule has 0 saturated heterocycles. The van der Waals surface area contributed by atoms with Crippen LogP contribution in [-0.2, 0) is 6.03 Å². The first-order valence-corrected chi connectivity index (χ1v) is 10.3. The Morgan fingerprint density at radius 3 is 1.88 bits per heavy atom. The minimum absolute atomic E-state index is 0.758. The maximum absolute atomic E-state index is 5.16. The average molecular weight is 292 g/mol. The Bertz CT molecular complexity index is 47.3. The molecule has 0 radical (unpaired) electrons. The summed E-state index contributed by atoms with van der Waals surface area (Å²) in [6.07, 6.45) is 0. The van der Waals surface area contributed by atoms with Gasteiger partial charge in [-0.25, -0.2) is 0 Å². The van der Waals surface area contributed by atoms with Crippen molar-refractivity contribution < 1.29 is 6.03 Å². The molecule has 0 heterocycles. The molecule has 0 rings (SSSR count). The molecule has 2 nitrogen and oxygen atoms in total. The maximum atomic E-state index is 5.16. The fraction of sp³-hybridized carbons (Fsp3) is 1.00. The van der Waals surface area contributed by atoms with Crippen molar-refractivity contribution in [2.75, 3.05) is 13.2 Å². The van der Waals surface area contributed by atoms with E-state index in [2.05, 4.69) is 12.6 Å². The molecule has 0 aliphatic carbocycles. The molecular weight excluding hydrogens is 282 g/mol. The van der Waals surface area contributed by atoms with E-state index in [4.69, 9.17) is 6.03 Å². The topological polar surface area (TPSA) is 18.5 Å². The fourth-order valence-electron chi connectivity index (χ4n) is 0.240. The van der Waals surface area contributed by atoms with Gasteiger partial charge in [-0.1, -0.05) is 0 Å². The monoisotopic (exact) mass is 290 g/mol. The second kappa shape index (κ2) is 6.34. The molecule has 8 heavy (non-hydrogen) atoms. The van der Waals surface area contributed by atoms with Gasteiger partial charge in [0, 0.05) is 0 Å². The van der Waals surface area contributed by atoms with Crippen molar-refractivity contribution in [1.82, 2.24) is 0 Å². The summed E-state index contributed by atoms with van der Waals surface area (Å²) in [7, 11) is 0. The minimum atomic E-state index is -1.76. The molecule has 0 aromatic heterocycles. The van der Waals surface area contributed by atoms with Crippen LogP contribution in [-0.4, -0.2) is 32.0 Å². The van der Waals surface area contributed by atoms with Gasteiger partial charge in [0.05, 0.1) is 0 Å². The van der Waals surface area contributed by atoms with Crippen molar-refractivity contribution in [2.24, 2.45) is 0 Å². The van der Waals surface area contributed by atoms with Crippen LogP contribution in [0.15, 0.2) is 0 Å². The summed E-state index contributed by atoms with van der Waals surface area (Å²) in [6, 6.07) is 0. The van der Waals surface area contributed by atoms with Crippen molar-refractivity contribution in [3.8, 4) is 0 Å². The predicted octanol–water partition coefficient (Wildman–Crippen LogP) is 1.44. The standard InChI is InChI=1S/2C2H5O.BrH.Sb/c2*1-2-3;;/h2*2H2,1H3;1H;/q2*-1;;+3/p-1. The molecule has 0 aromatic rings. The summed E-state index contributed by atoms with van der Waals surface area (Å²) in [4.78, 5) is 0. The zero-order chi connectivity index (χ0) is 6.41. The van der Waals surface area contributed by atoms with E-state index < -0.39 is 18.8 Å². The Labute approximate surface area is 64.3 Å². The Kier molecular flexibility index (Phi) is 7.31. The third-order valence-corrected chi connectivity index (χ3v) is 5.84. The SMILES string of the molecule is CC[O][Sb]([Br])[O]CC. The van der Waals surface area contributed by atoms with E-state index in [1.165, 1.54) is 0 Å². The molecule has 0 fully saturated rings. The molecule has 0 aromatic carbocycles. The summed E-state index contributed by atoms with van der Waals surface area (Å²) in [5.41, 5.74) is 0. The summed E-state index contributed by atoms with van der Waals surface area (Å²) >= 11 is 1.57. The van der Waals surface area contributed by atoms with Gasteiger partial charge in [0.15, 0.2) is 0 Å². The molecule has 0 atom stereocenters. The van der Waals surface area contributed by atoms with Crippen molar-refractivity contribution in [3.63, 3.8) is 0 Å². The third kappa shape index (κ3) is 5.36. The normalized spacial score (nSPS) is 10.5. The van der Waals surface area contributed by atoms with Gasteiger partial charge >= 0.3 is 64.5 Å². The Balaban J connectivity index is 2.92. The van der Waals surface area contributed by atoms with Crippen LogP contribution in [0.4, 0.5) is 0 Å². The van der Waals surface area contributed by atoms with Gasteiger partial charge in [-0.05, 0) is 0 Å². The first kappa shape index (κ1) is 9.22. The van der Waals surface area contributed by atoms with Crippen LogP contribution in [0, 0.1) is 0 Å². The quantitative estimate of drug-likeness (QED) is 0.730. The molecule has 0 spiro atoms. The molecule has 50 valence electrons. The Morgan fingerprint density at radius 1 is 1.25 bits per heavy atom. The van der Waals surface area contributed by atoms with Crippen molar-refractivity contribution >= 4 is 31.4 Å². The number of hydrogen-bond donors (Lipinski definition) is 0. The first-order chi connectivity index (χ1) is 3.81. The summed E-state index contributed by atoms with van der Waals surface area (Å²) in [5.74, 6) is 0. The van der Waals surface area contributed by atoms with Crippen LogP contribution in [0.25, 0.3) is 0 Å². The van der Waals surface area contributed by atoms with Gasteiger partial charge in [0.25, 0.3) is 0 Å². The molecule has 0 aliphatic rings. The van der Waals surface area contributed by atoms with E-state index in [0.29, 0.717) is 0 Å². The van der Waals surface area contributed by atoms with Gasteiger partial charge < -0.3 is 0 Å². The van der Waals surface area contributed by atoms with E-state index >= 15 is 0 Å². The van der Waals surface area contributed by atoms with Crippen LogP contribution < -0.4 is 0 Å². The van der Waals surface area contributed by atoms with Crippen LogP contribution in [0.2, 0.25) is 0 Å². The molecule has 0 saturated carbocycles. The fourth-order valence-corrected chi connectivity index (χ4v) is 4.36. The molecular formula is C4H10BrO2Sb. The van der Waals surface area contributed by atoms with E-state index in [-0.39, 0.29) is 0 Å². The van der Waals surface area contributed by atoms with E-state index in [1.54, 1.807) is 0 Å². The molecule has 0 aliphatic heterocycles. The van der Waals surface area contributed by atoms with Crippen LogP contribution in [0.1, 0.15) is 13.8 Å². The first-order valence-electron chi connectivity index (χ1n) is 2.53. The zero-order valence-electron chi connectivity index (χ0n) is 5.06. The van der Waals surface area contributed by atoms with Crippen molar-refractivity contribution in [2.45, 2.75) is 13.8 Å². The van der Waals surface area contributed by atoms with Crippen molar-refractivity contribution in [3.05, 3.63) is 0 Å². The van der Waals surface area contributed by atoms with Gasteiger partial charge in [-0.15, -0.1) is 0 Å². The predicted molar refractivity (Wildman–Crippen MR) is 37.9 cm³/mol.